The van der Waals surface area contributed by atoms with Gasteiger partial charge in [0.15, 0.2) is 0 Å². The number of anilines is 1. The van der Waals surface area contributed by atoms with Crippen LogP contribution in [0.5, 0.6) is 5.88 Å². The number of rotatable bonds is 7. The fourth-order valence-corrected chi connectivity index (χ4v) is 1.91. The van der Waals surface area contributed by atoms with Crippen molar-refractivity contribution in [3.05, 3.63) is 47.4 Å². The van der Waals surface area contributed by atoms with Crippen LogP contribution in [0.15, 0.2) is 30.3 Å². The van der Waals surface area contributed by atoms with Gasteiger partial charge in [0.25, 0.3) is 0 Å². The van der Waals surface area contributed by atoms with Gasteiger partial charge in [-0.2, -0.15) is 4.98 Å². The first-order valence-electron chi connectivity index (χ1n) is 7.15. The number of benzene rings is 1. The summed E-state index contributed by atoms with van der Waals surface area (Å²) >= 11 is 0. The van der Waals surface area contributed by atoms with E-state index >= 15 is 0 Å². The van der Waals surface area contributed by atoms with Crippen LogP contribution in [0.2, 0.25) is 0 Å². The molecule has 0 radical (unpaired) electrons. The molecule has 0 fully saturated rings. The van der Waals surface area contributed by atoms with Gasteiger partial charge in [-0.25, -0.2) is 9.37 Å². The van der Waals surface area contributed by atoms with Gasteiger partial charge in [0.1, 0.15) is 5.82 Å². The molecular weight excluding hydrogens is 269 g/mol. The number of halogens is 1. The number of ether oxygens (including phenoxy) is 1. The first kappa shape index (κ1) is 15.2. The molecule has 1 heterocycles. The molecule has 0 atom stereocenters. The van der Waals surface area contributed by atoms with E-state index in [4.69, 9.17) is 4.74 Å². The zero-order chi connectivity index (χ0) is 15.1. The van der Waals surface area contributed by atoms with Gasteiger partial charge in [-0.1, -0.05) is 25.1 Å². The summed E-state index contributed by atoms with van der Waals surface area (Å²) in [6.07, 6.45) is 1.51. The van der Waals surface area contributed by atoms with Gasteiger partial charge in [0, 0.05) is 18.3 Å². The molecule has 0 aliphatic rings. The maximum absolute atomic E-state index is 13.5. The number of aromatic nitrogens is 2. The van der Waals surface area contributed by atoms with Crippen LogP contribution in [0, 0.1) is 12.7 Å². The van der Waals surface area contributed by atoms with Crippen LogP contribution < -0.4 is 10.1 Å². The highest BCUT2D eigenvalue weighted by Gasteiger charge is 2.04. The van der Waals surface area contributed by atoms with Crippen LogP contribution >= 0.6 is 0 Å². The zero-order valence-electron chi connectivity index (χ0n) is 12.4. The normalized spacial score (nSPS) is 10.4. The molecule has 112 valence electrons. The van der Waals surface area contributed by atoms with E-state index in [2.05, 4.69) is 15.3 Å². The zero-order valence-corrected chi connectivity index (χ0v) is 12.4. The third-order valence-electron chi connectivity index (χ3n) is 2.92. The SMILES string of the molecule is CCCOc1cc(C)nc(NCCc2ccccc2F)n1. The minimum atomic E-state index is -0.184. The summed E-state index contributed by atoms with van der Waals surface area (Å²) in [6.45, 7) is 5.13. The lowest BCUT2D eigenvalue weighted by atomic mass is 10.1. The molecule has 0 saturated carbocycles. The predicted octanol–water partition coefficient (Wildman–Crippen LogP) is 3.37. The molecule has 4 nitrogen and oxygen atoms in total. The van der Waals surface area contributed by atoms with E-state index in [0.717, 1.165) is 12.1 Å². The minimum Gasteiger partial charge on any atom is -0.478 e. The highest BCUT2D eigenvalue weighted by molar-refractivity contribution is 5.31. The molecule has 0 spiro atoms. The van der Waals surface area contributed by atoms with Crippen molar-refractivity contribution in [1.29, 1.82) is 0 Å². The van der Waals surface area contributed by atoms with Gasteiger partial charge < -0.3 is 10.1 Å². The fraction of sp³-hybridized carbons (Fsp3) is 0.375. The Balaban J connectivity index is 1.93. The molecule has 1 aromatic heterocycles. The molecule has 0 aliphatic carbocycles. The molecular formula is C16H20FN3O. The summed E-state index contributed by atoms with van der Waals surface area (Å²) in [5.41, 5.74) is 1.52. The number of aryl methyl sites for hydroxylation is 1. The van der Waals surface area contributed by atoms with Gasteiger partial charge in [0.2, 0.25) is 11.8 Å². The Morgan fingerprint density at radius 1 is 1.24 bits per heavy atom. The van der Waals surface area contributed by atoms with E-state index in [1.54, 1.807) is 18.2 Å². The van der Waals surface area contributed by atoms with Crippen molar-refractivity contribution >= 4 is 5.95 Å². The topological polar surface area (TPSA) is 47.0 Å². The van der Waals surface area contributed by atoms with Gasteiger partial charge >= 0.3 is 0 Å². The number of nitrogens with zero attached hydrogens (tertiary/aromatic N) is 2. The van der Waals surface area contributed by atoms with Crippen molar-refractivity contribution in [3.8, 4) is 5.88 Å². The van der Waals surface area contributed by atoms with Crippen molar-refractivity contribution < 1.29 is 9.13 Å². The van der Waals surface area contributed by atoms with Crippen LogP contribution in [0.25, 0.3) is 0 Å². The molecule has 0 aliphatic heterocycles. The quantitative estimate of drug-likeness (QED) is 0.849. The van der Waals surface area contributed by atoms with E-state index < -0.39 is 0 Å². The number of hydrogen-bond acceptors (Lipinski definition) is 4. The lowest BCUT2D eigenvalue weighted by Crippen LogP contribution is -2.10. The first-order chi connectivity index (χ1) is 10.2. The summed E-state index contributed by atoms with van der Waals surface area (Å²) in [5.74, 6) is 0.895. The highest BCUT2D eigenvalue weighted by atomic mass is 19.1. The molecule has 5 heteroatoms. The molecule has 0 amide bonds. The van der Waals surface area contributed by atoms with Crippen molar-refractivity contribution in [3.63, 3.8) is 0 Å². The third-order valence-corrected chi connectivity index (χ3v) is 2.92. The van der Waals surface area contributed by atoms with E-state index in [1.807, 2.05) is 19.9 Å². The Kier molecular flexibility index (Phi) is 5.49. The Morgan fingerprint density at radius 2 is 2.05 bits per heavy atom. The molecule has 2 rings (SSSR count). The average Bonchev–Trinajstić information content (AvgIpc) is 2.47. The summed E-state index contributed by atoms with van der Waals surface area (Å²) in [4.78, 5) is 8.59. The van der Waals surface area contributed by atoms with Crippen LogP contribution in [-0.4, -0.2) is 23.1 Å². The second kappa shape index (κ2) is 7.57. The van der Waals surface area contributed by atoms with E-state index in [1.165, 1.54) is 6.07 Å². The Morgan fingerprint density at radius 3 is 2.81 bits per heavy atom. The summed E-state index contributed by atoms with van der Waals surface area (Å²) in [7, 11) is 0. The highest BCUT2D eigenvalue weighted by Crippen LogP contribution is 2.13. The minimum absolute atomic E-state index is 0.184. The van der Waals surface area contributed by atoms with Crippen molar-refractivity contribution in [1.82, 2.24) is 9.97 Å². The first-order valence-corrected chi connectivity index (χ1v) is 7.15. The molecule has 0 unspecified atom stereocenters. The second-order valence-electron chi connectivity index (χ2n) is 4.79. The second-order valence-corrected chi connectivity index (χ2v) is 4.79. The molecule has 0 bridgehead atoms. The largest absolute Gasteiger partial charge is 0.478 e. The predicted molar refractivity (Wildman–Crippen MR) is 81.1 cm³/mol. The third kappa shape index (κ3) is 4.70. The van der Waals surface area contributed by atoms with Gasteiger partial charge in [-0.05, 0) is 31.4 Å². The standard InChI is InChI=1S/C16H20FN3O/c1-3-10-21-15-11-12(2)19-16(20-15)18-9-8-13-6-4-5-7-14(13)17/h4-7,11H,3,8-10H2,1-2H3,(H,18,19,20). The molecule has 1 aromatic carbocycles. The van der Waals surface area contributed by atoms with Gasteiger partial charge in [0.05, 0.1) is 6.61 Å². The summed E-state index contributed by atoms with van der Waals surface area (Å²) in [6, 6.07) is 8.57. The molecule has 1 N–H and O–H groups in total. The van der Waals surface area contributed by atoms with Gasteiger partial charge in [-0.15, -0.1) is 0 Å². The fourth-order valence-electron chi connectivity index (χ4n) is 1.91. The lowest BCUT2D eigenvalue weighted by molar-refractivity contribution is 0.305. The maximum Gasteiger partial charge on any atom is 0.226 e. The lowest BCUT2D eigenvalue weighted by Gasteiger charge is -2.09. The molecule has 0 saturated heterocycles. The smallest absolute Gasteiger partial charge is 0.226 e. The Labute approximate surface area is 124 Å². The monoisotopic (exact) mass is 289 g/mol. The van der Waals surface area contributed by atoms with Gasteiger partial charge in [-0.3, -0.25) is 0 Å². The molecule has 2 aromatic rings. The maximum atomic E-state index is 13.5. The van der Waals surface area contributed by atoms with Crippen LogP contribution in [0.4, 0.5) is 10.3 Å². The van der Waals surface area contributed by atoms with Crippen molar-refractivity contribution in [2.24, 2.45) is 0 Å². The van der Waals surface area contributed by atoms with Crippen LogP contribution in [0.3, 0.4) is 0 Å². The van der Waals surface area contributed by atoms with Crippen molar-refractivity contribution in [2.75, 3.05) is 18.5 Å². The van der Waals surface area contributed by atoms with Crippen molar-refractivity contribution in [2.45, 2.75) is 26.7 Å². The van der Waals surface area contributed by atoms with E-state index in [-0.39, 0.29) is 5.82 Å². The summed E-state index contributed by atoms with van der Waals surface area (Å²) < 4.78 is 19.0. The average molecular weight is 289 g/mol. The number of hydrogen-bond donors (Lipinski definition) is 1. The molecule has 21 heavy (non-hydrogen) atoms. The Bertz CT molecular complexity index is 589. The Hall–Kier alpha value is -2.17. The van der Waals surface area contributed by atoms with Crippen LogP contribution in [0.1, 0.15) is 24.6 Å². The van der Waals surface area contributed by atoms with E-state index in [9.17, 15) is 4.39 Å². The number of nitrogens with one attached hydrogen (secondary N) is 1. The summed E-state index contributed by atoms with van der Waals surface area (Å²) in [5, 5.41) is 3.11. The van der Waals surface area contributed by atoms with E-state index in [0.29, 0.717) is 37.0 Å². The van der Waals surface area contributed by atoms with Crippen LogP contribution in [-0.2, 0) is 6.42 Å².